The van der Waals surface area contributed by atoms with E-state index in [1.165, 1.54) is 94.1 Å². The van der Waals surface area contributed by atoms with Crippen LogP contribution in [0.25, 0.3) is 60.6 Å². The Kier molecular flexibility index (Phi) is 9.09. The van der Waals surface area contributed by atoms with Crippen LogP contribution >= 0.6 is 0 Å². The lowest BCUT2D eigenvalue weighted by Crippen LogP contribution is -2.61. The predicted molar refractivity (Wildman–Crippen MR) is 311 cm³/mol. The van der Waals surface area contributed by atoms with Gasteiger partial charge in [0.05, 0.1) is 11.0 Å². The lowest BCUT2D eigenvalue weighted by atomic mass is 9.43. The van der Waals surface area contributed by atoms with Crippen LogP contribution in [0.15, 0.2) is 156 Å². The minimum Gasteiger partial charge on any atom is -0.455 e. The quantitative estimate of drug-likeness (QED) is 0.164. The molecule has 4 nitrogen and oxygen atoms in total. The Hall–Kier alpha value is -6.98. The number of anilines is 5. The van der Waals surface area contributed by atoms with Gasteiger partial charge in [-0.05, 0) is 164 Å². The first-order chi connectivity index (χ1) is 34.8. The lowest BCUT2D eigenvalue weighted by Gasteiger charge is -2.47. The fourth-order valence-electron chi connectivity index (χ4n) is 14.0. The molecule has 8 aromatic carbocycles. The van der Waals surface area contributed by atoms with Crippen molar-refractivity contribution in [3.05, 3.63) is 179 Å². The molecule has 0 fully saturated rings. The molecule has 362 valence electrons. The Morgan fingerprint density at radius 3 is 1.67 bits per heavy atom. The van der Waals surface area contributed by atoms with Gasteiger partial charge in [-0.3, -0.25) is 0 Å². The SMILES string of the molecule is CC(C)(C)c1ccc(N2B3c4cc5c(cc4-n4c6cc(N(c7ccccc7)c7ccccc7)ccc6c6c7c(oc8ccccc87)c(c3c64)-c3cc4c(cc32)C(C)(C)CCC4(C)C)C(C)(C)CCC5(C)C)cc1. The second kappa shape index (κ2) is 14.8. The van der Waals surface area contributed by atoms with Crippen LogP contribution in [-0.2, 0) is 27.1 Å². The number of benzene rings is 8. The molecule has 0 unspecified atom stereocenters. The first-order valence-corrected chi connectivity index (χ1v) is 27.0. The summed E-state index contributed by atoms with van der Waals surface area (Å²) in [5.74, 6) is 0. The first-order valence-electron chi connectivity index (χ1n) is 27.0. The molecule has 0 saturated heterocycles. The summed E-state index contributed by atoms with van der Waals surface area (Å²) in [6, 6.07) is 58.0. The zero-order valence-corrected chi connectivity index (χ0v) is 44.6. The minimum absolute atomic E-state index is 0.000225. The van der Waals surface area contributed by atoms with Crippen molar-refractivity contribution >= 4 is 90.0 Å². The van der Waals surface area contributed by atoms with Crippen molar-refractivity contribution < 1.29 is 4.42 Å². The van der Waals surface area contributed by atoms with Crippen molar-refractivity contribution in [3.63, 3.8) is 0 Å². The minimum atomic E-state index is -0.150. The van der Waals surface area contributed by atoms with Gasteiger partial charge in [-0.2, -0.15) is 0 Å². The third-order valence-electron chi connectivity index (χ3n) is 18.4. The largest absolute Gasteiger partial charge is 0.455 e. The van der Waals surface area contributed by atoms with Gasteiger partial charge in [0.1, 0.15) is 11.2 Å². The Bertz CT molecular complexity index is 3920. The predicted octanol–water partition coefficient (Wildman–Crippen LogP) is 17.4. The van der Waals surface area contributed by atoms with Crippen LogP contribution in [0.2, 0.25) is 0 Å². The number of hydrogen-bond acceptors (Lipinski definition) is 3. The van der Waals surface area contributed by atoms with E-state index in [-0.39, 0.29) is 33.9 Å². The highest BCUT2D eigenvalue weighted by Gasteiger charge is 2.50. The molecule has 0 amide bonds. The fraction of sp³-hybridized carbons (Fsp3) is 0.294. The number of fused-ring (bicyclic) bond motifs is 15. The molecule has 2 aromatic heterocycles. The van der Waals surface area contributed by atoms with E-state index < -0.39 is 0 Å². The molecule has 2 aliphatic carbocycles. The van der Waals surface area contributed by atoms with E-state index in [0.29, 0.717) is 0 Å². The second-order valence-corrected chi connectivity index (χ2v) is 25.8. The Balaban J connectivity index is 1.21. The van der Waals surface area contributed by atoms with E-state index in [1.54, 1.807) is 0 Å². The summed E-state index contributed by atoms with van der Waals surface area (Å²) in [4.78, 5) is 5.18. The molecular weight excluding hydrogens is 886 g/mol. The standard InChI is InChI=1S/C68H66BN3O/c1-64(2,3)41-26-28-44(29-27-41)72-55-39-51-49(65(4,5)32-34-67(51,8)9)37-48(55)60-61-62-58(59-47-24-18-19-25-57(47)73-63(59)60)46-31-30-45(70(42-20-14-12-15-21-42)43-22-16-13-17-23-43)36-54(46)71(62)56-40-52-50(38-53(56)69(61)72)66(6,7)33-35-68(52,10)11/h12-31,36-40H,32-35H2,1-11H3. The van der Waals surface area contributed by atoms with Gasteiger partial charge in [0.15, 0.2) is 0 Å². The number of rotatable bonds is 4. The van der Waals surface area contributed by atoms with Gasteiger partial charge in [0.25, 0.3) is 0 Å². The molecule has 4 aliphatic rings. The lowest BCUT2D eigenvalue weighted by molar-refractivity contribution is 0.332. The molecule has 2 aliphatic heterocycles. The normalized spacial score (nSPS) is 17.7. The maximum absolute atomic E-state index is 7.46. The summed E-state index contributed by atoms with van der Waals surface area (Å²) in [6.45, 7) is 26.7. The van der Waals surface area contributed by atoms with Crippen LogP contribution in [-0.4, -0.2) is 11.4 Å². The molecule has 4 heterocycles. The van der Waals surface area contributed by atoms with Crippen LogP contribution in [0.5, 0.6) is 0 Å². The Morgan fingerprint density at radius 1 is 0.521 bits per heavy atom. The summed E-state index contributed by atoms with van der Waals surface area (Å²) in [6.07, 6.45) is 4.57. The number of nitrogens with zero attached hydrogens (tertiary/aromatic N) is 3. The monoisotopic (exact) mass is 952 g/mol. The van der Waals surface area contributed by atoms with Gasteiger partial charge in [0, 0.05) is 66.8 Å². The van der Waals surface area contributed by atoms with Gasteiger partial charge in [-0.15, -0.1) is 0 Å². The molecule has 5 heteroatoms. The van der Waals surface area contributed by atoms with Crippen LogP contribution in [0.4, 0.5) is 28.4 Å². The van der Waals surface area contributed by atoms with E-state index in [1.807, 2.05) is 0 Å². The van der Waals surface area contributed by atoms with E-state index in [4.69, 9.17) is 4.42 Å². The topological polar surface area (TPSA) is 24.6 Å². The van der Waals surface area contributed by atoms with Crippen LogP contribution in [0, 0.1) is 0 Å². The van der Waals surface area contributed by atoms with E-state index >= 15 is 0 Å². The maximum atomic E-state index is 7.46. The second-order valence-electron chi connectivity index (χ2n) is 25.8. The maximum Gasteiger partial charge on any atom is 0.333 e. The summed E-state index contributed by atoms with van der Waals surface area (Å²) in [5.41, 5.74) is 24.0. The van der Waals surface area contributed by atoms with Gasteiger partial charge in [-0.25, -0.2) is 0 Å². The highest BCUT2D eigenvalue weighted by molar-refractivity contribution is 6.94. The average Bonchev–Trinajstić information content (AvgIpc) is 3.95. The molecule has 0 atom stereocenters. The van der Waals surface area contributed by atoms with Crippen LogP contribution in [0.1, 0.15) is 130 Å². The van der Waals surface area contributed by atoms with Crippen molar-refractivity contribution in [2.75, 3.05) is 9.71 Å². The number of furan rings is 1. The number of hydrogen-bond donors (Lipinski definition) is 0. The zero-order chi connectivity index (χ0) is 50.3. The molecule has 0 spiro atoms. The molecule has 0 N–H and O–H groups in total. The summed E-state index contributed by atoms with van der Waals surface area (Å²) < 4.78 is 10.2. The van der Waals surface area contributed by atoms with Gasteiger partial charge >= 0.3 is 6.85 Å². The highest BCUT2D eigenvalue weighted by Crippen LogP contribution is 2.56. The van der Waals surface area contributed by atoms with E-state index in [0.717, 1.165) is 59.3 Å². The molecule has 0 radical (unpaired) electrons. The van der Waals surface area contributed by atoms with Crippen molar-refractivity contribution in [2.45, 2.75) is 129 Å². The first kappa shape index (κ1) is 44.7. The van der Waals surface area contributed by atoms with Crippen molar-refractivity contribution in [2.24, 2.45) is 0 Å². The number of para-hydroxylation sites is 3. The molecule has 10 aromatic rings. The summed E-state index contributed by atoms with van der Waals surface area (Å²) in [7, 11) is 0. The molecule has 73 heavy (non-hydrogen) atoms. The van der Waals surface area contributed by atoms with E-state index in [2.05, 4.69) is 242 Å². The summed E-state index contributed by atoms with van der Waals surface area (Å²) in [5, 5.41) is 4.88. The van der Waals surface area contributed by atoms with Crippen molar-refractivity contribution in [1.82, 2.24) is 4.57 Å². The Labute approximate surface area is 431 Å². The van der Waals surface area contributed by atoms with Crippen LogP contribution in [0.3, 0.4) is 0 Å². The van der Waals surface area contributed by atoms with Gasteiger partial charge < -0.3 is 18.7 Å². The van der Waals surface area contributed by atoms with Gasteiger partial charge in [-0.1, -0.05) is 155 Å². The molecule has 0 bridgehead atoms. The van der Waals surface area contributed by atoms with E-state index in [9.17, 15) is 0 Å². The van der Waals surface area contributed by atoms with Gasteiger partial charge in [0.2, 0.25) is 0 Å². The summed E-state index contributed by atoms with van der Waals surface area (Å²) >= 11 is 0. The highest BCUT2D eigenvalue weighted by atomic mass is 16.3. The molecular formula is C68H66BN3O. The zero-order valence-electron chi connectivity index (χ0n) is 44.6. The Morgan fingerprint density at radius 2 is 1.07 bits per heavy atom. The average molecular weight is 952 g/mol. The molecule has 14 rings (SSSR count). The number of aromatic nitrogens is 1. The third kappa shape index (κ3) is 6.27. The third-order valence-corrected chi connectivity index (χ3v) is 18.4. The van der Waals surface area contributed by atoms with Crippen molar-refractivity contribution in [3.8, 4) is 16.8 Å². The smallest absolute Gasteiger partial charge is 0.333 e. The fourth-order valence-corrected chi connectivity index (χ4v) is 14.0. The van der Waals surface area contributed by atoms with Crippen molar-refractivity contribution in [1.29, 1.82) is 0 Å². The van der Waals surface area contributed by atoms with Crippen LogP contribution < -0.4 is 20.6 Å². The molecule has 0 saturated carbocycles.